The van der Waals surface area contributed by atoms with Crippen LogP contribution < -0.4 is 5.32 Å². The molecule has 0 fully saturated rings. The first-order valence-electron chi connectivity index (χ1n) is 3.63. The van der Waals surface area contributed by atoms with Crippen LogP contribution in [0.15, 0.2) is 27.1 Å². The summed E-state index contributed by atoms with van der Waals surface area (Å²) in [7, 11) is 0. The first-order chi connectivity index (χ1) is 6.37. The number of alkyl halides is 3. The Balaban J connectivity index is 2.68. The first-order valence-corrected chi connectivity index (χ1v) is 5.22. The van der Waals surface area contributed by atoms with Crippen LogP contribution in [-0.4, -0.2) is 12.7 Å². The summed E-state index contributed by atoms with van der Waals surface area (Å²) in [6, 6.07) is 4.91. The van der Waals surface area contributed by atoms with Gasteiger partial charge in [0.25, 0.3) is 0 Å². The number of halogens is 5. The molecule has 0 aromatic heterocycles. The molecule has 0 aliphatic carbocycles. The topological polar surface area (TPSA) is 12.0 Å². The molecule has 0 bridgehead atoms. The van der Waals surface area contributed by atoms with Gasteiger partial charge in [0.1, 0.15) is 6.54 Å². The van der Waals surface area contributed by atoms with Gasteiger partial charge in [-0.1, -0.05) is 31.9 Å². The van der Waals surface area contributed by atoms with Crippen LogP contribution in [0.2, 0.25) is 0 Å². The van der Waals surface area contributed by atoms with Crippen molar-refractivity contribution < 1.29 is 13.2 Å². The van der Waals surface area contributed by atoms with E-state index in [0.717, 1.165) is 8.95 Å². The zero-order valence-corrected chi connectivity index (χ0v) is 10.0. The Kier molecular flexibility index (Phi) is 3.83. The predicted molar refractivity (Wildman–Crippen MR) is 56.4 cm³/mol. The van der Waals surface area contributed by atoms with Gasteiger partial charge in [-0.3, -0.25) is 0 Å². The van der Waals surface area contributed by atoms with E-state index in [4.69, 9.17) is 0 Å². The fourth-order valence-electron chi connectivity index (χ4n) is 0.858. The molecule has 0 unspecified atom stereocenters. The van der Waals surface area contributed by atoms with Crippen molar-refractivity contribution in [2.45, 2.75) is 6.18 Å². The molecule has 1 N–H and O–H groups in total. The van der Waals surface area contributed by atoms with Crippen LogP contribution in [-0.2, 0) is 0 Å². The molecule has 0 saturated carbocycles. The Bertz CT molecular complexity index is 305. The van der Waals surface area contributed by atoms with Crippen LogP contribution in [0.25, 0.3) is 0 Å². The maximum absolute atomic E-state index is 11.9. The van der Waals surface area contributed by atoms with Crippen LogP contribution >= 0.6 is 31.9 Å². The van der Waals surface area contributed by atoms with Gasteiger partial charge in [-0.05, 0) is 18.2 Å². The Hall–Kier alpha value is -0.230. The third-order valence-electron chi connectivity index (χ3n) is 1.36. The van der Waals surface area contributed by atoms with Gasteiger partial charge in [0.2, 0.25) is 0 Å². The minimum absolute atomic E-state index is 0.420. The Morgan fingerprint density at radius 1 is 1.07 bits per heavy atom. The molecule has 78 valence electrons. The second-order valence-corrected chi connectivity index (χ2v) is 4.46. The van der Waals surface area contributed by atoms with Crippen LogP contribution in [0, 0.1) is 0 Å². The molecule has 1 aromatic rings. The average Bonchev–Trinajstić information content (AvgIpc) is 1.97. The number of hydrogen-bond acceptors (Lipinski definition) is 1. The summed E-state index contributed by atoms with van der Waals surface area (Å²) in [5, 5.41) is 2.28. The molecule has 0 heterocycles. The molecular weight excluding hydrogens is 327 g/mol. The van der Waals surface area contributed by atoms with Crippen molar-refractivity contribution in [2.24, 2.45) is 0 Å². The third kappa shape index (κ3) is 4.32. The molecule has 6 heteroatoms. The second kappa shape index (κ2) is 4.53. The van der Waals surface area contributed by atoms with E-state index in [2.05, 4.69) is 37.2 Å². The highest BCUT2D eigenvalue weighted by atomic mass is 79.9. The van der Waals surface area contributed by atoms with E-state index >= 15 is 0 Å². The van der Waals surface area contributed by atoms with Crippen molar-refractivity contribution >= 4 is 37.5 Å². The van der Waals surface area contributed by atoms with Gasteiger partial charge in [0, 0.05) is 14.6 Å². The quantitative estimate of drug-likeness (QED) is 0.856. The van der Waals surface area contributed by atoms with E-state index in [0.29, 0.717) is 5.69 Å². The molecule has 0 aliphatic heterocycles. The Morgan fingerprint density at radius 2 is 1.57 bits per heavy atom. The van der Waals surface area contributed by atoms with Crippen LogP contribution in [0.5, 0.6) is 0 Å². The van der Waals surface area contributed by atoms with E-state index in [9.17, 15) is 13.2 Å². The lowest BCUT2D eigenvalue weighted by molar-refractivity contribution is -0.115. The maximum Gasteiger partial charge on any atom is 0.405 e. The van der Waals surface area contributed by atoms with E-state index in [1.165, 1.54) is 0 Å². The monoisotopic (exact) mass is 331 g/mol. The molecule has 1 aromatic carbocycles. The summed E-state index contributed by atoms with van der Waals surface area (Å²) in [4.78, 5) is 0. The van der Waals surface area contributed by atoms with Gasteiger partial charge in [-0.2, -0.15) is 13.2 Å². The lowest BCUT2D eigenvalue weighted by Crippen LogP contribution is -2.21. The zero-order chi connectivity index (χ0) is 10.8. The predicted octanol–water partition coefficient (Wildman–Crippen LogP) is 4.19. The average molecular weight is 333 g/mol. The van der Waals surface area contributed by atoms with E-state index in [-0.39, 0.29) is 0 Å². The number of benzene rings is 1. The summed E-state index contributed by atoms with van der Waals surface area (Å²) < 4.78 is 37.0. The molecule has 1 nitrogen and oxygen atoms in total. The molecule has 14 heavy (non-hydrogen) atoms. The van der Waals surface area contributed by atoms with Crippen molar-refractivity contribution in [2.75, 3.05) is 11.9 Å². The van der Waals surface area contributed by atoms with Gasteiger partial charge in [-0.25, -0.2) is 0 Å². The molecule has 0 amide bonds. The van der Waals surface area contributed by atoms with Crippen LogP contribution in [0.1, 0.15) is 0 Å². The first kappa shape index (κ1) is 11.8. The largest absolute Gasteiger partial charge is 0.405 e. The van der Waals surface area contributed by atoms with E-state index < -0.39 is 12.7 Å². The fourth-order valence-corrected chi connectivity index (χ4v) is 2.15. The number of hydrogen-bond donors (Lipinski definition) is 1. The molecule has 0 spiro atoms. The van der Waals surface area contributed by atoms with E-state index in [1.807, 2.05) is 0 Å². The molecule has 1 rings (SSSR count). The maximum atomic E-state index is 11.9. The van der Waals surface area contributed by atoms with Crippen molar-refractivity contribution in [1.82, 2.24) is 0 Å². The highest BCUT2D eigenvalue weighted by Crippen LogP contribution is 2.24. The summed E-state index contributed by atoms with van der Waals surface area (Å²) in [6.07, 6.45) is -4.20. The third-order valence-corrected chi connectivity index (χ3v) is 2.27. The molecule has 0 atom stereocenters. The van der Waals surface area contributed by atoms with Gasteiger partial charge < -0.3 is 5.32 Å². The minimum atomic E-state index is -4.20. The highest BCUT2D eigenvalue weighted by Gasteiger charge is 2.26. The lowest BCUT2D eigenvalue weighted by atomic mass is 10.3. The zero-order valence-electron chi connectivity index (χ0n) is 6.83. The van der Waals surface area contributed by atoms with Gasteiger partial charge in [0.05, 0.1) is 0 Å². The molecule has 0 aliphatic rings. The Morgan fingerprint density at radius 3 is 2.00 bits per heavy atom. The van der Waals surface area contributed by atoms with Crippen molar-refractivity contribution in [3.8, 4) is 0 Å². The van der Waals surface area contributed by atoms with Crippen LogP contribution in [0.4, 0.5) is 18.9 Å². The minimum Gasteiger partial charge on any atom is -0.376 e. The molecule has 0 radical (unpaired) electrons. The van der Waals surface area contributed by atoms with E-state index in [1.54, 1.807) is 18.2 Å². The summed E-state index contributed by atoms with van der Waals surface area (Å²) >= 11 is 6.36. The van der Waals surface area contributed by atoms with Crippen molar-refractivity contribution in [3.63, 3.8) is 0 Å². The number of anilines is 1. The number of nitrogens with one attached hydrogen (secondary N) is 1. The standard InChI is InChI=1S/C8H6Br2F3N/c9-5-1-6(10)3-7(2-5)14-4-8(11,12)13/h1-3,14H,4H2. The van der Waals surface area contributed by atoms with Gasteiger partial charge in [-0.15, -0.1) is 0 Å². The smallest absolute Gasteiger partial charge is 0.376 e. The summed E-state index contributed by atoms with van der Waals surface area (Å²) in [5.41, 5.74) is 0.420. The van der Waals surface area contributed by atoms with Gasteiger partial charge in [0.15, 0.2) is 0 Å². The van der Waals surface area contributed by atoms with Gasteiger partial charge >= 0.3 is 6.18 Å². The van der Waals surface area contributed by atoms with Crippen LogP contribution in [0.3, 0.4) is 0 Å². The van der Waals surface area contributed by atoms with Crippen molar-refractivity contribution in [1.29, 1.82) is 0 Å². The SMILES string of the molecule is FC(F)(F)CNc1cc(Br)cc(Br)c1. The molecular formula is C8H6Br2F3N. The van der Waals surface area contributed by atoms with Crippen molar-refractivity contribution in [3.05, 3.63) is 27.1 Å². The summed E-state index contributed by atoms with van der Waals surface area (Å²) in [6.45, 7) is -1.03. The second-order valence-electron chi connectivity index (χ2n) is 2.63. The lowest BCUT2D eigenvalue weighted by Gasteiger charge is -2.10. The normalized spacial score (nSPS) is 11.5. The Labute approximate surface area is 95.9 Å². The molecule has 0 saturated heterocycles. The fraction of sp³-hybridized carbons (Fsp3) is 0.250. The summed E-state index contributed by atoms with van der Waals surface area (Å²) in [5.74, 6) is 0. The highest BCUT2D eigenvalue weighted by molar-refractivity contribution is 9.11. The number of rotatable bonds is 2.